The van der Waals surface area contributed by atoms with Crippen molar-refractivity contribution in [3.8, 4) is 0 Å². The Bertz CT molecular complexity index is 448. The minimum absolute atomic E-state index is 0.0284. The molecule has 0 aliphatic heterocycles. The summed E-state index contributed by atoms with van der Waals surface area (Å²) in [5.41, 5.74) is 0.512. The number of nitrogens with one attached hydrogen (secondary N) is 1. The fourth-order valence-corrected chi connectivity index (χ4v) is 2.42. The van der Waals surface area contributed by atoms with Crippen molar-refractivity contribution in [3.05, 3.63) is 34.6 Å². The monoisotopic (exact) mass is 319 g/mol. The quantitative estimate of drug-likeness (QED) is 0.847. The third kappa shape index (κ3) is 2.99. The molecule has 1 aliphatic carbocycles. The van der Waals surface area contributed by atoms with Crippen LogP contribution in [0.3, 0.4) is 0 Å². The predicted molar refractivity (Wildman–Crippen MR) is 69.2 cm³/mol. The van der Waals surface area contributed by atoms with E-state index in [0.717, 1.165) is 24.2 Å². The van der Waals surface area contributed by atoms with Crippen LogP contribution in [0.2, 0.25) is 5.02 Å². The maximum atomic E-state index is 13.2. The average molecular weight is 321 g/mol. The van der Waals surface area contributed by atoms with Crippen molar-refractivity contribution in [1.82, 2.24) is 5.32 Å². The highest BCUT2D eigenvalue weighted by Gasteiger charge is 2.41. The lowest BCUT2D eigenvalue weighted by atomic mass is 10.1. The third-order valence-electron chi connectivity index (χ3n) is 3.05. The first-order valence-corrected chi connectivity index (χ1v) is 6.85. The molecule has 1 aromatic rings. The van der Waals surface area contributed by atoms with Gasteiger partial charge in [0, 0.05) is 17.4 Å². The molecule has 0 radical (unpaired) electrons. The topological polar surface area (TPSA) is 29.1 Å². The smallest absolute Gasteiger partial charge is 0.251 e. The van der Waals surface area contributed by atoms with Crippen molar-refractivity contribution in [1.29, 1.82) is 0 Å². The second kappa shape index (κ2) is 4.94. The zero-order chi connectivity index (χ0) is 12.5. The van der Waals surface area contributed by atoms with Gasteiger partial charge >= 0.3 is 0 Å². The molecule has 1 N–H and O–H groups in total. The second-order valence-corrected chi connectivity index (χ2v) is 5.41. The Kier molecular flexibility index (Phi) is 3.73. The maximum absolute atomic E-state index is 13.2. The molecule has 1 aliphatic rings. The van der Waals surface area contributed by atoms with Crippen molar-refractivity contribution in [2.45, 2.75) is 12.8 Å². The fraction of sp³-hybridized carbons (Fsp3) is 0.417. The summed E-state index contributed by atoms with van der Waals surface area (Å²) in [4.78, 5) is 11.8. The Balaban J connectivity index is 1.97. The van der Waals surface area contributed by atoms with E-state index in [1.165, 1.54) is 12.1 Å². The van der Waals surface area contributed by atoms with E-state index >= 15 is 0 Å². The molecule has 17 heavy (non-hydrogen) atoms. The number of alkyl halides is 1. The highest BCUT2D eigenvalue weighted by Crippen LogP contribution is 2.46. The maximum Gasteiger partial charge on any atom is 0.251 e. The SMILES string of the molecule is O=C(NCC1(CBr)CC1)c1ccc(Cl)c(F)c1. The van der Waals surface area contributed by atoms with Crippen LogP contribution in [-0.4, -0.2) is 17.8 Å². The molecule has 0 spiro atoms. The van der Waals surface area contributed by atoms with E-state index in [1.54, 1.807) is 0 Å². The molecule has 1 amide bonds. The van der Waals surface area contributed by atoms with Gasteiger partial charge in [-0.1, -0.05) is 27.5 Å². The summed E-state index contributed by atoms with van der Waals surface area (Å²) in [5.74, 6) is -0.825. The van der Waals surface area contributed by atoms with E-state index in [9.17, 15) is 9.18 Å². The van der Waals surface area contributed by atoms with Crippen LogP contribution in [0.25, 0.3) is 0 Å². The summed E-state index contributed by atoms with van der Waals surface area (Å²) in [6.07, 6.45) is 2.24. The molecule has 92 valence electrons. The Hall–Kier alpha value is -0.610. The average Bonchev–Trinajstić information content (AvgIpc) is 3.10. The standard InChI is InChI=1S/C12H12BrClFNO/c13-6-12(3-4-12)7-16-11(17)8-1-2-9(14)10(15)5-8/h1-2,5H,3-4,6-7H2,(H,16,17). The van der Waals surface area contributed by atoms with E-state index in [1.807, 2.05) is 0 Å². The van der Waals surface area contributed by atoms with Crippen LogP contribution in [0.5, 0.6) is 0 Å². The zero-order valence-corrected chi connectivity index (χ0v) is 11.4. The van der Waals surface area contributed by atoms with Gasteiger partial charge in [-0.25, -0.2) is 4.39 Å². The van der Waals surface area contributed by atoms with Crippen LogP contribution in [-0.2, 0) is 0 Å². The molecule has 1 aromatic carbocycles. The molecule has 0 bridgehead atoms. The molecule has 2 nitrogen and oxygen atoms in total. The van der Waals surface area contributed by atoms with Gasteiger partial charge < -0.3 is 5.32 Å². The van der Waals surface area contributed by atoms with Gasteiger partial charge in [-0.3, -0.25) is 4.79 Å². The number of carbonyl (C=O) groups excluding carboxylic acids is 1. The molecule has 0 aromatic heterocycles. The van der Waals surface area contributed by atoms with Gasteiger partial charge in [-0.05, 0) is 36.5 Å². The highest BCUT2D eigenvalue weighted by atomic mass is 79.9. The van der Waals surface area contributed by atoms with Crippen LogP contribution in [0.15, 0.2) is 18.2 Å². The summed E-state index contributed by atoms with van der Waals surface area (Å²) in [5, 5.41) is 3.73. The molecule has 0 saturated heterocycles. The minimum atomic E-state index is -0.569. The third-order valence-corrected chi connectivity index (χ3v) is 4.54. The van der Waals surface area contributed by atoms with Gasteiger partial charge in [0.1, 0.15) is 5.82 Å². The summed E-state index contributed by atoms with van der Waals surface area (Å²) in [6.45, 7) is 0.626. The van der Waals surface area contributed by atoms with E-state index in [4.69, 9.17) is 11.6 Å². The molecule has 2 rings (SSSR count). The number of hydrogen-bond acceptors (Lipinski definition) is 1. The summed E-state index contributed by atoms with van der Waals surface area (Å²) < 4.78 is 13.2. The van der Waals surface area contributed by atoms with Crippen LogP contribution < -0.4 is 5.32 Å². The lowest BCUT2D eigenvalue weighted by Crippen LogP contribution is -2.30. The van der Waals surface area contributed by atoms with Crippen molar-refractivity contribution >= 4 is 33.4 Å². The van der Waals surface area contributed by atoms with Crippen molar-refractivity contribution in [3.63, 3.8) is 0 Å². The van der Waals surface area contributed by atoms with Gasteiger partial charge in [0.2, 0.25) is 0 Å². The molecular weight excluding hydrogens is 308 g/mol. The van der Waals surface area contributed by atoms with Gasteiger partial charge in [-0.2, -0.15) is 0 Å². The predicted octanol–water partition coefficient (Wildman–Crippen LogP) is 3.38. The van der Waals surface area contributed by atoms with Crippen molar-refractivity contribution in [2.24, 2.45) is 5.41 Å². The van der Waals surface area contributed by atoms with E-state index in [-0.39, 0.29) is 16.3 Å². The lowest BCUT2D eigenvalue weighted by Gasteiger charge is -2.12. The number of carbonyl (C=O) groups is 1. The van der Waals surface area contributed by atoms with E-state index < -0.39 is 5.82 Å². The first-order valence-electron chi connectivity index (χ1n) is 5.36. The first kappa shape index (κ1) is 12.8. The van der Waals surface area contributed by atoms with E-state index in [0.29, 0.717) is 12.1 Å². The molecule has 0 unspecified atom stereocenters. The largest absolute Gasteiger partial charge is 0.351 e. The summed E-state index contributed by atoms with van der Waals surface area (Å²) >= 11 is 8.99. The van der Waals surface area contributed by atoms with Gasteiger partial charge in [-0.15, -0.1) is 0 Å². The number of amides is 1. The summed E-state index contributed by atoms with van der Waals surface area (Å²) in [6, 6.07) is 4.07. The first-order chi connectivity index (χ1) is 8.06. The normalized spacial score (nSPS) is 16.6. The van der Waals surface area contributed by atoms with Crippen molar-refractivity contribution in [2.75, 3.05) is 11.9 Å². The summed E-state index contributed by atoms with van der Waals surface area (Å²) in [7, 11) is 0. The highest BCUT2D eigenvalue weighted by molar-refractivity contribution is 9.09. The Morgan fingerprint density at radius 1 is 1.53 bits per heavy atom. The van der Waals surface area contributed by atoms with Gasteiger partial charge in [0.25, 0.3) is 5.91 Å². The van der Waals surface area contributed by atoms with Crippen molar-refractivity contribution < 1.29 is 9.18 Å². The van der Waals surface area contributed by atoms with Gasteiger partial charge in [0.15, 0.2) is 0 Å². The van der Waals surface area contributed by atoms with Gasteiger partial charge in [0.05, 0.1) is 5.02 Å². The molecule has 0 heterocycles. The molecular formula is C12H12BrClFNO. The number of benzene rings is 1. The van der Waals surface area contributed by atoms with Crippen LogP contribution >= 0.6 is 27.5 Å². The van der Waals surface area contributed by atoms with E-state index in [2.05, 4.69) is 21.2 Å². The molecule has 5 heteroatoms. The zero-order valence-electron chi connectivity index (χ0n) is 9.10. The molecule has 1 saturated carbocycles. The minimum Gasteiger partial charge on any atom is -0.351 e. The van der Waals surface area contributed by atoms with Crippen LogP contribution in [0.1, 0.15) is 23.2 Å². The second-order valence-electron chi connectivity index (χ2n) is 4.45. The van der Waals surface area contributed by atoms with Crippen LogP contribution in [0, 0.1) is 11.2 Å². The molecule has 1 fully saturated rings. The molecule has 0 atom stereocenters. The lowest BCUT2D eigenvalue weighted by molar-refractivity contribution is 0.0946. The fourth-order valence-electron chi connectivity index (χ4n) is 1.54. The number of halogens is 3. The Labute approximate surface area is 113 Å². The number of hydrogen-bond donors (Lipinski definition) is 1. The Morgan fingerprint density at radius 3 is 2.76 bits per heavy atom. The van der Waals surface area contributed by atoms with Crippen LogP contribution in [0.4, 0.5) is 4.39 Å². The Morgan fingerprint density at radius 2 is 2.24 bits per heavy atom. The number of rotatable bonds is 4.